The van der Waals surface area contributed by atoms with Crippen LogP contribution >= 0.6 is 12.2 Å². The highest BCUT2D eigenvalue weighted by Crippen LogP contribution is 1.85. The smallest absolute Gasteiger partial charge is 0.229 e. The zero-order chi connectivity index (χ0) is 5.28. The van der Waals surface area contributed by atoms with E-state index in [0.29, 0.717) is 10.7 Å². The number of aryl methyl sites for hydroxylation is 1. The van der Waals surface area contributed by atoms with Crippen molar-refractivity contribution in [2.75, 3.05) is 0 Å². The number of H-pyrrole nitrogens is 1. The number of nitrogens with one attached hydrogen (secondary N) is 1. The lowest BCUT2D eigenvalue weighted by Gasteiger charge is -1.65. The molecular weight excluding hydrogens is 112 g/mol. The molecule has 0 saturated heterocycles. The van der Waals surface area contributed by atoms with Gasteiger partial charge in [0.1, 0.15) is 0 Å². The van der Waals surface area contributed by atoms with Crippen LogP contribution in [0.1, 0.15) is 5.89 Å². The third-order valence-corrected chi connectivity index (χ3v) is 0.720. The van der Waals surface area contributed by atoms with E-state index in [-0.39, 0.29) is 0 Å². The number of hydrogen-bond acceptors (Lipinski definition) is 3. The van der Waals surface area contributed by atoms with Crippen molar-refractivity contribution in [3.8, 4) is 0 Å². The van der Waals surface area contributed by atoms with Crippen molar-refractivity contribution in [1.29, 1.82) is 0 Å². The minimum Gasteiger partial charge on any atom is -0.364 e. The van der Waals surface area contributed by atoms with Gasteiger partial charge in [-0.25, -0.2) is 0 Å². The first-order chi connectivity index (χ1) is 3.29. The van der Waals surface area contributed by atoms with Crippen LogP contribution in [0.3, 0.4) is 0 Å². The Labute approximate surface area is 45.3 Å². The molecule has 1 heterocycles. The molecule has 7 heavy (non-hydrogen) atoms. The summed E-state index contributed by atoms with van der Waals surface area (Å²) in [6.45, 7) is 1.73. The van der Waals surface area contributed by atoms with Crippen molar-refractivity contribution < 1.29 is 4.52 Å². The zero-order valence-electron chi connectivity index (χ0n) is 3.76. The molecule has 0 saturated carbocycles. The van der Waals surface area contributed by atoms with Gasteiger partial charge in [0, 0.05) is 6.92 Å². The van der Waals surface area contributed by atoms with Crippen molar-refractivity contribution in [1.82, 2.24) is 10.1 Å². The summed E-state index contributed by atoms with van der Waals surface area (Å²) < 4.78 is 5.02. The van der Waals surface area contributed by atoms with Gasteiger partial charge >= 0.3 is 0 Å². The molecule has 0 fully saturated rings. The van der Waals surface area contributed by atoms with Gasteiger partial charge in [0.2, 0.25) is 10.7 Å². The van der Waals surface area contributed by atoms with Crippen molar-refractivity contribution >= 4 is 12.2 Å². The van der Waals surface area contributed by atoms with E-state index in [9.17, 15) is 0 Å². The molecule has 0 aliphatic carbocycles. The highest BCUT2D eigenvalue weighted by Gasteiger charge is 1.83. The monoisotopic (exact) mass is 116 g/mol. The van der Waals surface area contributed by atoms with Crippen LogP contribution in [-0.2, 0) is 0 Å². The topological polar surface area (TPSA) is 41.8 Å². The molecule has 1 aromatic heterocycles. The van der Waals surface area contributed by atoms with Crippen LogP contribution in [0.4, 0.5) is 0 Å². The van der Waals surface area contributed by atoms with Gasteiger partial charge in [-0.1, -0.05) is 0 Å². The Morgan fingerprint density at radius 3 is 2.71 bits per heavy atom. The number of nitrogens with zero attached hydrogens (tertiary/aromatic N) is 1. The van der Waals surface area contributed by atoms with E-state index in [1.807, 2.05) is 0 Å². The molecule has 1 N–H and O–H groups in total. The number of hydrogen-bond donors (Lipinski definition) is 1. The number of rotatable bonds is 0. The quantitative estimate of drug-likeness (QED) is 0.515. The summed E-state index contributed by atoms with van der Waals surface area (Å²) in [5.41, 5.74) is 0. The first-order valence-corrected chi connectivity index (χ1v) is 2.22. The highest BCUT2D eigenvalue weighted by molar-refractivity contribution is 7.71. The first kappa shape index (κ1) is 4.52. The second-order valence-electron chi connectivity index (χ2n) is 1.14. The molecule has 1 rings (SSSR count). The highest BCUT2D eigenvalue weighted by atomic mass is 32.1. The van der Waals surface area contributed by atoms with Crippen molar-refractivity contribution in [2.24, 2.45) is 0 Å². The van der Waals surface area contributed by atoms with Crippen LogP contribution in [0, 0.1) is 11.7 Å². The summed E-state index contributed by atoms with van der Waals surface area (Å²) in [5.74, 6) is 0.574. The second-order valence-corrected chi connectivity index (χ2v) is 1.53. The third kappa shape index (κ3) is 0.866. The van der Waals surface area contributed by atoms with Crippen molar-refractivity contribution in [2.45, 2.75) is 6.92 Å². The molecule has 0 aromatic carbocycles. The maximum absolute atomic E-state index is 4.62. The van der Waals surface area contributed by atoms with Gasteiger partial charge in [-0.3, -0.25) is 0 Å². The van der Waals surface area contributed by atoms with E-state index >= 15 is 0 Å². The Kier molecular flexibility index (Phi) is 0.941. The molecule has 0 atom stereocenters. The average Bonchev–Trinajstić information content (AvgIpc) is 1.87. The Morgan fingerprint density at radius 1 is 1.86 bits per heavy atom. The van der Waals surface area contributed by atoms with Gasteiger partial charge in [0.05, 0.1) is 0 Å². The Hall–Kier alpha value is -0.640. The second kappa shape index (κ2) is 1.46. The molecule has 3 nitrogen and oxygen atoms in total. The zero-order valence-corrected chi connectivity index (χ0v) is 4.58. The van der Waals surface area contributed by atoms with Crippen LogP contribution < -0.4 is 0 Å². The van der Waals surface area contributed by atoms with Crippen LogP contribution in [-0.4, -0.2) is 10.1 Å². The van der Waals surface area contributed by atoms with Gasteiger partial charge in [-0.05, 0) is 12.2 Å². The molecule has 0 amide bonds. The first-order valence-electron chi connectivity index (χ1n) is 1.81. The van der Waals surface area contributed by atoms with Crippen LogP contribution in [0.25, 0.3) is 0 Å². The minimum absolute atomic E-state index is 0.400. The Balaban J connectivity index is 3.30. The van der Waals surface area contributed by atoms with Gasteiger partial charge < -0.3 is 4.52 Å². The van der Waals surface area contributed by atoms with E-state index < -0.39 is 0 Å². The molecule has 1 aromatic rings. The van der Waals surface area contributed by atoms with Crippen LogP contribution in [0.5, 0.6) is 0 Å². The fraction of sp³-hybridized carbons (Fsp3) is 0.333. The summed E-state index contributed by atoms with van der Waals surface area (Å²) in [6.07, 6.45) is 0. The van der Waals surface area contributed by atoms with Gasteiger partial charge in [0.15, 0.2) is 0 Å². The molecule has 4 heteroatoms. The predicted molar refractivity (Wildman–Crippen MR) is 26.4 cm³/mol. The fourth-order valence-corrected chi connectivity index (χ4v) is 0.476. The lowest BCUT2D eigenvalue weighted by atomic mass is 10.8. The predicted octanol–water partition coefficient (Wildman–Crippen LogP) is 1.04. The summed E-state index contributed by atoms with van der Waals surface area (Å²) in [4.78, 5) is 3.70. The average molecular weight is 116 g/mol. The van der Waals surface area contributed by atoms with Crippen LogP contribution in [0.15, 0.2) is 4.52 Å². The SMILES string of the molecule is Cc1nc(=S)[nH]o1. The molecule has 0 bridgehead atoms. The van der Waals surface area contributed by atoms with E-state index in [1.165, 1.54) is 0 Å². The molecule has 0 spiro atoms. The van der Waals surface area contributed by atoms with E-state index in [1.54, 1.807) is 6.92 Å². The maximum atomic E-state index is 4.62. The van der Waals surface area contributed by atoms with E-state index in [2.05, 4.69) is 26.9 Å². The molecular formula is C3H4N2OS. The molecule has 0 unspecified atom stereocenters. The minimum atomic E-state index is 0.400. The van der Waals surface area contributed by atoms with Gasteiger partial charge in [0.25, 0.3) is 0 Å². The summed E-state index contributed by atoms with van der Waals surface area (Å²) in [6, 6.07) is 0. The van der Waals surface area contributed by atoms with E-state index in [4.69, 9.17) is 0 Å². The molecule has 38 valence electrons. The van der Waals surface area contributed by atoms with Gasteiger partial charge in [-0.2, -0.15) is 10.1 Å². The lowest BCUT2D eigenvalue weighted by molar-refractivity contribution is 0.391. The van der Waals surface area contributed by atoms with Gasteiger partial charge in [-0.15, -0.1) is 0 Å². The molecule has 0 aliphatic rings. The summed E-state index contributed by atoms with van der Waals surface area (Å²) in [5, 5.41) is 2.40. The fourth-order valence-electron chi connectivity index (χ4n) is 0.306. The van der Waals surface area contributed by atoms with Crippen molar-refractivity contribution in [3.63, 3.8) is 0 Å². The number of aromatic nitrogens is 2. The van der Waals surface area contributed by atoms with E-state index in [0.717, 1.165) is 0 Å². The Morgan fingerprint density at radius 2 is 2.57 bits per heavy atom. The summed E-state index contributed by atoms with van der Waals surface area (Å²) >= 11 is 4.57. The summed E-state index contributed by atoms with van der Waals surface area (Å²) in [7, 11) is 0. The third-order valence-electron chi connectivity index (χ3n) is 0.545. The van der Waals surface area contributed by atoms with Crippen LogP contribution in [0.2, 0.25) is 0 Å². The standard InChI is InChI=1S/C3H4N2OS/c1-2-4-3(7)5-6-2/h1H3,(H,5,7). The van der Waals surface area contributed by atoms with Crippen molar-refractivity contribution in [3.05, 3.63) is 10.7 Å². The number of aromatic amines is 1. The lowest BCUT2D eigenvalue weighted by Crippen LogP contribution is -1.62. The molecule has 0 radical (unpaired) electrons. The normalized spacial score (nSPS) is 9.29. The molecule has 0 aliphatic heterocycles. The largest absolute Gasteiger partial charge is 0.364 e. The Bertz CT molecular complexity index is 201. The maximum Gasteiger partial charge on any atom is 0.229 e.